The lowest BCUT2D eigenvalue weighted by Crippen LogP contribution is -2.51. The van der Waals surface area contributed by atoms with E-state index in [4.69, 9.17) is 0 Å². The Bertz CT molecular complexity index is 1860. The molecular weight excluding hydrogens is 629 g/mol. The number of sulfone groups is 1. The lowest BCUT2D eigenvalue weighted by molar-refractivity contribution is -0.0359. The maximum Gasteiger partial charge on any atom is 0.276 e. The van der Waals surface area contributed by atoms with E-state index < -0.39 is 50.6 Å². The summed E-state index contributed by atoms with van der Waals surface area (Å²) in [4.78, 5) is 25.3. The van der Waals surface area contributed by atoms with Crippen LogP contribution in [0.4, 0.5) is 19.0 Å². The molecule has 0 radical (unpaired) electrons. The number of hydrogen-bond acceptors (Lipinski definition) is 8. The van der Waals surface area contributed by atoms with E-state index in [2.05, 4.69) is 33.2 Å². The zero-order chi connectivity index (χ0) is 33.6. The summed E-state index contributed by atoms with van der Waals surface area (Å²) in [5.41, 5.74) is -1.80. The second kappa shape index (κ2) is 12.8. The van der Waals surface area contributed by atoms with Crippen molar-refractivity contribution >= 4 is 26.7 Å². The Balaban J connectivity index is 1.45. The van der Waals surface area contributed by atoms with Crippen LogP contribution < -0.4 is 10.9 Å². The van der Waals surface area contributed by atoms with Gasteiger partial charge in [-0.1, -0.05) is 31.0 Å². The molecule has 8 bridgehead atoms. The van der Waals surface area contributed by atoms with Crippen LogP contribution in [0.25, 0.3) is 11.0 Å². The number of pyridine rings is 1. The average Bonchev–Trinajstić information content (AvgIpc) is 3.01. The predicted molar refractivity (Wildman–Crippen MR) is 174 cm³/mol. The summed E-state index contributed by atoms with van der Waals surface area (Å²) in [6.45, 7) is 5.61. The first-order chi connectivity index (χ1) is 22.3. The van der Waals surface area contributed by atoms with Crippen molar-refractivity contribution in [3.05, 3.63) is 63.5 Å². The molecule has 13 heteroatoms. The van der Waals surface area contributed by atoms with Gasteiger partial charge in [-0.15, -0.1) is 0 Å². The normalized spacial score (nSPS) is 27.5. The molecule has 1 N–H and O–H groups in total. The van der Waals surface area contributed by atoms with Gasteiger partial charge in [0.1, 0.15) is 33.4 Å². The van der Waals surface area contributed by atoms with E-state index in [0.717, 1.165) is 38.4 Å². The van der Waals surface area contributed by atoms with E-state index in [1.807, 2.05) is 0 Å². The number of anilines is 1. The van der Waals surface area contributed by atoms with Crippen molar-refractivity contribution in [2.75, 3.05) is 29.9 Å². The van der Waals surface area contributed by atoms with Crippen molar-refractivity contribution in [1.82, 2.24) is 19.4 Å². The Morgan fingerprint density at radius 3 is 2.49 bits per heavy atom. The molecule has 7 rings (SSSR count). The van der Waals surface area contributed by atoms with Crippen molar-refractivity contribution in [1.29, 1.82) is 5.26 Å². The first-order valence-electron chi connectivity index (χ1n) is 16.5. The third-order valence-corrected chi connectivity index (χ3v) is 12.2. The summed E-state index contributed by atoms with van der Waals surface area (Å²) in [5, 5.41) is 14.0. The van der Waals surface area contributed by atoms with Gasteiger partial charge in [-0.25, -0.2) is 31.6 Å². The molecule has 2 atom stereocenters. The molecule has 0 spiro atoms. The van der Waals surface area contributed by atoms with Gasteiger partial charge < -0.3 is 10.2 Å². The summed E-state index contributed by atoms with van der Waals surface area (Å²) in [6.07, 6.45) is 4.52. The molecule has 1 aromatic carbocycles. The van der Waals surface area contributed by atoms with Crippen LogP contribution in [0.15, 0.2) is 35.4 Å². The molecule has 0 saturated carbocycles. The molecule has 3 aromatic rings. The minimum absolute atomic E-state index is 0.0130. The molecule has 2 saturated heterocycles. The zero-order valence-corrected chi connectivity index (χ0v) is 27.6. The van der Waals surface area contributed by atoms with Crippen molar-refractivity contribution in [2.45, 2.75) is 95.2 Å². The molecule has 4 aliphatic heterocycles. The summed E-state index contributed by atoms with van der Waals surface area (Å²) >= 11 is 0. The van der Waals surface area contributed by atoms with Gasteiger partial charge in [0, 0.05) is 43.2 Å². The fraction of sp³-hybridized carbons (Fsp3) is 0.588. The van der Waals surface area contributed by atoms with Gasteiger partial charge in [0.05, 0.1) is 40.0 Å². The van der Waals surface area contributed by atoms with Crippen LogP contribution in [-0.4, -0.2) is 58.5 Å². The molecule has 47 heavy (non-hydrogen) atoms. The molecule has 252 valence electrons. The monoisotopic (exact) mass is 670 g/mol. The highest BCUT2D eigenvalue weighted by Crippen LogP contribution is 2.40. The van der Waals surface area contributed by atoms with Crippen LogP contribution in [0.2, 0.25) is 0 Å². The highest BCUT2D eigenvalue weighted by atomic mass is 32.2. The number of hydrogen-bond donors (Lipinski definition) is 1. The predicted octanol–water partition coefficient (Wildman–Crippen LogP) is 5.84. The van der Waals surface area contributed by atoms with Gasteiger partial charge in [-0.05, 0) is 57.9 Å². The van der Waals surface area contributed by atoms with Crippen molar-refractivity contribution in [3.8, 4) is 6.07 Å². The molecule has 0 amide bonds. The third kappa shape index (κ3) is 6.51. The Labute approximate surface area is 273 Å². The Hall–Kier alpha value is -3.50. The minimum atomic E-state index is -3.34. The summed E-state index contributed by atoms with van der Waals surface area (Å²) in [5.74, 6) is -4.33. The van der Waals surface area contributed by atoms with E-state index >= 15 is 13.2 Å². The number of fused-ring (bicyclic) bond motifs is 8. The first kappa shape index (κ1) is 33.4. The molecule has 2 fully saturated rings. The lowest BCUT2D eigenvalue weighted by Gasteiger charge is -2.44. The van der Waals surface area contributed by atoms with E-state index in [1.54, 1.807) is 13.0 Å². The molecular formula is C34H41F3N6O3S. The molecule has 6 heterocycles. The maximum atomic E-state index is 15.9. The number of halogens is 3. The lowest BCUT2D eigenvalue weighted by atomic mass is 9.77. The topological polar surface area (TPSA) is 121 Å². The van der Waals surface area contributed by atoms with Gasteiger partial charge in [-0.2, -0.15) is 5.26 Å². The molecule has 1 unspecified atom stereocenters. The SMILES string of the molecule is CC1CCCCCn2c(=O)c(C3(C#N)CCS(=O)(=O)CC3)cc3c(ncnc32)N[C@H](C)c2cccc(c2F)C(F)(F)CCC2CN1C2. The zero-order valence-electron chi connectivity index (χ0n) is 26.8. The molecule has 4 aliphatic rings. The number of benzene rings is 1. The number of nitrogens with one attached hydrogen (secondary N) is 1. The van der Waals surface area contributed by atoms with Crippen molar-refractivity contribution < 1.29 is 21.6 Å². The molecule has 0 aliphatic carbocycles. The Morgan fingerprint density at radius 2 is 1.77 bits per heavy atom. The van der Waals surface area contributed by atoms with Crippen LogP contribution in [-0.2, 0) is 27.7 Å². The van der Waals surface area contributed by atoms with Crippen molar-refractivity contribution in [2.24, 2.45) is 5.92 Å². The highest BCUT2D eigenvalue weighted by molar-refractivity contribution is 7.91. The standard InChI is InChI=1S/C34H41F3N6O3S/c1-22-7-4-3-5-14-43-31-26(17-28(32(43)44)33(20-38)12-15-47(45,46)16-13-33)30(39-21-40-31)41-23(2)25-8-6-9-27(29(25)35)34(36,37)11-10-24-18-42(22)19-24/h6,8-9,17,21-24H,3-5,7,10-16,18-19H2,1-2H3,(H,39,40,41)/t22?,23-/m1/s1. The number of aryl methyl sites for hydroxylation is 1. The Morgan fingerprint density at radius 1 is 1.02 bits per heavy atom. The maximum absolute atomic E-state index is 15.9. The summed E-state index contributed by atoms with van der Waals surface area (Å²) in [7, 11) is -3.33. The third-order valence-electron chi connectivity index (χ3n) is 10.5. The van der Waals surface area contributed by atoms with E-state index in [1.165, 1.54) is 23.0 Å². The largest absolute Gasteiger partial charge is 0.363 e. The number of alkyl halides is 2. The quantitative estimate of drug-likeness (QED) is 0.343. The number of aromatic nitrogens is 3. The van der Waals surface area contributed by atoms with E-state index in [-0.39, 0.29) is 47.2 Å². The second-order valence-corrected chi connectivity index (χ2v) is 16.0. The number of nitrogens with zero attached hydrogens (tertiary/aromatic N) is 5. The fourth-order valence-electron chi connectivity index (χ4n) is 7.37. The van der Waals surface area contributed by atoms with Gasteiger partial charge in [0.25, 0.3) is 11.5 Å². The smallest absolute Gasteiger partial charge is 0.276 e. The molecule has 2 aromatic heterocycles. The van der Waals surface area contributed by atoms with Crippen LogP contribution >= 0.6 is 0 Å². The van der Waals surface area contributed by atoms with Crippen molar-refractivity contribution in [3.63, 3.8) is 0 Å². The van der Waals surface area contributed by atoms with Gasteiger partial charge >= 0.3 is 0 Å². The Kier molecular flexibility index (Phi) is 9.13. The summed E-state index contributed by atoms with van der Waals surface area (Å²) in [6, 6.07) is 7.37. The van der Waals surface area contributed by atoms with E-state index in [9.17, 15) is 18.5 Å². The minimum Gasteiger partial charge on any atom is -0.363 e. The van der Waals surface area contributed by atoms with Crippen LogP contribution in [0.5, 0.6) is 0 Å². The van der Waals surface area contributed by atoms with Gasteiger partial charge in [-0.3, -0.25) is 9.36 Å². The van der Waals surface area contributed by atoms with Crippen LogP contribution in [0, 0.1) is 23.1 Å². The second-order valence-electron chi connectivity index (χ2n) is 13.7. The van der Waals surface area contributed by atoms with Gasteiger partial charge in [0.15, 0.2) is 0 Å². The van der Waals surface area contributed by atoms with E-state index in [0.29, 0.717) is 36.5 Å². The van der Waals surface area contributed by atoms with Crippen LogP contribution in [0.1, 0.15) is 87.9 Å². The number of rotatable bonds is 1. The highest BCUT2D eigenvalue weighted by Gasteiger charge is 2.42. The molecule has 9 nitrogen and oxygen atoms in total. The van der Waals surface area contributed by atoms with Gasteiger partial charge in [0.2, 0.25) is 0 Å². The fourth-order valence-corrected chi connectivity index (χ4v) is 8.89. The average molecular weight is 671 g/mol. The summed E-state index contributed by atoms with van der Waals surface area (Å²) < 4.78 is 73.0. The number of nitriles is 1. The first-order valence-corrected chi connectivity index (χ1v) is 18.3. The van der Waals surface area contributed by atoms with Crippen LogP contribution in [0.3, 0.4) is 0 Å².